The standard InChI is InChI=1S/C23H24ClFN4O2S2/c24-18-9-22(33(30,31)28-23-13-32-14-27-23)19(25)10-20(18)26-11-15-7-8-29(12-15)21-6-5-16-3-1-2-4-17(16)21/h1-4,9-10,13-15,21,26,28H,5-8,11-12H2/t15-,21-/m0/s1. The second kappa shape index (κ2) is 9.21. The summed E-state index contributed by atoms with van der Waals surface area (Å²) in [7, 11) is -4.12. The average molecular weight is 507 g/mol. The van der Waals surface area contributed by atoms with Crippen LogP contribution in [0.3, 0.4) is 0 Å². The van der Waals surface area contributed by atoms with Crippen molar-refractivity contribution in [2.45, 2.75) is 30.2 Å². The number of nitrogens with one attached hydrogen (secondary N) is 2. The fraction of sp³-hybridized carbons (Fsp3) is 0.348. The van der Waals surface area contributed by atoms with Gasteiger partial charge in [-0.25, -0.2) is 17.8 Å². The summed E-state index contributed by atoms with van der Waals surface area (Å²) in [5, 5.41) is 4.92. The van der Waals surface area contributed by atoms with Crippen molar-refractivity contribution in [3.63, 3.8) is 0 Å². The fourth-order valence-corrected chi connectivity index (χ4v) is 6.75. The van der Waals surface area contributed by atoms with Crippen LogP contribution in [0.15, 0.2) is 52.2 Å². The molecule has 33 heavy (non-hydrogen) atoms. The SMILES string of the molecule is O=S(=O)(Nc1cscn1)c1cc(Cl)c(NC[C@@H]2CCN([C@H]3CCc4ccccc43)C2)cc1F. The fourth-order valence-electron chi connectivity index (χ4n) is 4.81. The molecule has 3 aromatic rings. The van der Waals surface area contributed by atoms with Gasteiger partial charge in [0.25, 0.3) is 10.0 Å². The first-order valence-corrected chi connectivity index (χ1v) is 13.7. The lowest BCUT2D eigenvalue weighted by Crippen LogP contribution is -2.26. The molecule has 2 N–H and O–H groups in total. The van der Waals surface area contributed by atoms with Crippen LogP contribution in [-0.2, 0) is 16.4 Å². The first-order chi connectivity index (χ1) is 15.9. The highest BCUT2D eigenvalue weighted by Gasteiger charge is 2.33. The highest BCUT2D eigenvalue weighted by molar-refractivity contribution is 7.92. The van der Waals surface area contributed by atoms with E-state index in [-0.39, 0.29) is 10.8 Å². The van der Waals surface area contributed by atoms with Crippen molar-refractivity contribution < 1.29 is 12.8 Å². The molecule has 2 atom stereocenters. The van der Waals surface area contributed by atoms with Crippen LogP contribution < -0.4 is 10.0 Å². The predicted molar refractivity (Wildman–Crippen MR) is 130 cm³/mol. The summed E-state index contributed by atoms with van der Waals surface area (Å²) in [6, 6.07) is 11.4. The first-order valence-electron chi connectivity index (χ1n) is 10.9. The van der Waals surface area contributed by atoms with Gasteiger partial charge in [0.2, 0.25) is 0 Å². The predicted octanol–water partition coefficient (Wildman–Crippen LogP) is 5.16. The van der Waals surface area contributed by atoms with Crippen LogP contribution >= 0.6 is 22.9 Å². The van der Waals surface area contributed by atoms with E-state index in [1.807, 2.05) is 0 Å². The molecule has 0 amide bonds. The maximum Gasteiger partial charge on any atom is 0.266 e. The molecule has 1 saturated heterocycles. The Morgan fingerprint density at radius 1 is 1.24 bits per heavy atom. The van der Waals surface area contributed by atoms with Crippen molar-refractivity contribution in [2.24, 2.45) is 5.92 Å². The number of benzene rings is 2. The van der Waals surface area contributed by atoms with Gasteiger partial charge in [-0.05, 0) is 55.0 Å². The average Bonchev–Trinajstić information content (AvgIpc) is 3.54. The zero-order chi connectivity index (χ0) is 23.0. The van der Waals surface area contributed by atoms with Crippen LogP contribution in [0.1, 0.15) is 30.0 Å². The number of aryl methyl sites for hydroxylation is 1. The van der Waals surface area contributed by atoms with E-state index in [1.165, 1.54) is 33.4 Å². The monoisotopic (exact) mass is 506 g/mol. The molecule has 1 aromatic heterocycles. The topological polar surface area (TPSA) is 74.3 Å². The van der Waals surface area contributed by atoms with E-state index >= 15 is 0 Å². The van der Waals surface area contributed by atoms with Crippen molar-refractivity contribution in [3.05, 3.63) is 69.3 Å². The molecule has 1 aliphatic heterocycles. The summed E-state index contributed by atoms with van der Waals surface area (Å²) in [6.07, 6.45) is 3.33. The lowest BCUT2D eigenvalue weighted by Gasteiger charge is -2.25. The van der Waals surface area contributed by atoms with Gasteiger partial charge in [-0.3, -0.25) is 9.62 Å². The summed E-state index contributed by atoms with van der Waals surface area (Å²) in [5.74, 6) is -0.305. The lowest BCUT2D eigenvalue weighted by atomic mass is 10.1. The highest BCUT2D eigenvalue weighted by Crippen LogP contribution is 2.38. The van der Waals surface area contributed by atoms with Gasteiger partial charge in [-0.15, -0.1) is 11.3 Å². The number of rotatable bonds is 7. The third-order valence-corrected chi connectivity index (χ3v) is 8.69. The minimum atomic E-state index is -4.12. The van der Waals surface area contributed by atoms with Gasteiger partial charge >= 0.3 is 0 Å². The maximum atomic E-state index is 14.7. The van der Waals surface area contributed by atoms with Gasteiger partial charge < -0.3 is 5.32 Å². The van der Waals surface area contributed by atoms with Crippen molar-refractivity contribution in [3.8, 4) is 0 Å². The molecule has 174 valence electrons. The van der Waals surface area contributed by atoms with Gasteiger partial charge in [-0.1, -0.05) is 35.9 Å². The molecule has 0 bridgehead atoms. The Labute approximate surface area is 201 Å². The van der Waals surface area contributed by atoms with Crippen LogP contribution in [0.5, 0.6) is 0 Å². The molecule has 0 spiro atoms. The zero-order valence-electron chi connectivity index (χ0n) is 17.8. The number of anilines is 2. The molecule has 10 heteroatoms. The van der Waals surface area contributed by atoms with Crippen LogP contribution in [0, 0.1) is 11.7 Å². The number of likely N-dealkylation sites (tertiary alicyclic amines) is 1. The van der Waals surface area contributed by atoms with Crippen molar-refractivity contribution in [1.82, 2.24) is 9.88 Å². The Morgan fingerprint density at radius 2 is 2.09 bits per heavy atom. The Morgan fingerprint density at radius 3 is 2.91 bits per heavy atom. The highest BCUT2D eigenvalue weighted by atomic mass is 35.5. The van der Waals surface area contributed by atoms with E-state index in [0.717, 1.165) is 44.5 Å². The second-order valence-electron chi connectivity index (χ2n) is 8.53. The van der Waals surface area contributed by atoms with Gasteiger partial charge in [-0.2, -0.15) is 0 Å². The molecule has 6 nitrogen and oxygen atoms in total. The van der Waals surface area contributed by atoms with E-state index < -0.39 is 20.7 Å². The molecular weight excluding hydrogens is 483 g/mol. The molecule has 0 radical (unpaired) electrons. The molecule has 1 fully saturated rings. The number of hydrogen-bond acceptors (Lipinski definition) is 6. The molecule has 1 aliphatic carbocycles. The quantitative estimate of drug-likeness (QED) is 0.463. The normalized spacial score (nSPS) is 20.7. The van der Waals surface area contributed by atoms with Crippen LogP contribution in [-0.4, -0.2) is 37.9 Å². The van der Waals surface area contributed by atoms with E-state index in [4.69, 9.17) is 11.6 Å². The third kappa shape index (κ3) is 4.73. The Kier molecular flexibility index (Phi) is 6.30. The van der Waals surface area contributed by atoms with E-state index in [9.17, 15) is 12.8 Å². The van der Waals surface area contributed by atoms with Crippen molar-refractivity contribution in [1.29, 1.82) is 0 Å². The molecule has 2 aromatic carbocycles. The molecular formula is C23H24ClFN4O2S2. The summed E-state index contributed by atoms with van der Waals surface area (Å²) in [5.41, 5.74) is 4.78. The van der Waals surface area contributed by atoms with Crippen LogP contribution in [0.4, 0.5) is 15.9 Å². The number of hydrogen-bond donors (Lipinski definition) is 2. The lowest BCUT2D eigenvalue weighted by molar-refractivity contribution is 0.237. The number of sulfonamides is 1. The van der Waals surface area contributed by atoms with Crippen LogP contribution in [0.2, 0.25) is 5.02 Å². The smallest absolute Gasteiger partial charge is 0.266 e. The van der Waals surface area contributed by atoms with Gasteiger partial charge in [0.05, 0.1) is 16.2 Å². The van der Waals surface area contributed by atoms with E-state index in [1.54, 1.807) is 0 Å². The number of thiazole rings is 1. The maximum absolute atomic E-state index is 14.7. The van der Waals surface area contributed by atoms with Crippen LogP contribution in [0.25, 0.3) is 0 Å². The molecule has 0 saturated carbocycles. The Balaban J connectivity index is 1.22. The largest absolute Gasteiger partial charge is 0.383 e. The van der Waals surface area contributed by atoms with Crippen molar-refractivity contribution in [2.75, 3.05) is 29.7 Å². The molecule has 2 aliphatic rings. The Bertz CT molecular complexity index is 1250. The number of fused-ring (bicyclic) bond motifs is 1. The van der Waals surface area contributed by atoms with Gasteiger partial charge in [0, 0.05) is 24.5 Å². The molecule has 0 unspecified atom stereocenters. The van der Waals surface area contributed by atoms with E-state index in [0.29, 0.717) is 24.2 Å². The number of aromatic nitrogens is 1. The van der Waals surface area contributed by atoms with Gasteiger partial charge in [0.15, 0.2) is 5.82 Å². The summed E-state index contributed by atoms with van der Waals surface area (Å²) in [6.45, 7) is 2.65. The molecule has 2 heterocycles. The van der Waals surface area contributed by atoms with Gasteiger partial charge in [0.1, 0.15) is 10.7 Å². The van der Waals surface area contributed by atoms with Crippen molar-refractivity contribution >= 4 is 44.5 Å². The summed E-state index contributed by atoms with van der Waals surface area (Å²) in [4.78, 5) is 5.91. The second-order valence-corrected chi connectivity index (χ2v) is 11.3. The zero-order valence-corrected chi connectivity index (χ0v) is 20.2. The summed E-state index contributed by atoms with van der Waals surface area (Å²) >= 11 is 7.56. The Hall–Kier alpha value is -2.20. The summed E-state index contributed by atoms with van der Waals surface area (Å²) < 4.78 is 42.0. The number of halogens is 2. The number of nitrogens with zero attached hydrogens (tertiary/aromatic N) is 2. The minimum Gasteiger partial charge on any atom is -0.383 e. The van der Waals surface area contributed by atoms with E-state index in [2.05, 4.69) is 44.2 Å². The third-order valence-electron chi connectivity index (χ3n) is 6.42. The minimum absolute atomic E-state index is 0.147. The first kappa shape index (κ1) is 22.6. The molecule has 5 rings (SSSR count).